The summed E-state index contributed by atoms with van der Waals surface area (Å²) in [7, 11) is 2.96. The number of benzene rings is 2. The number of amides is 4. The van der Waals surface area contributed by atoms with Gasteiger partial charge in [-0.2, -0.15) is 0 Å². The lowest BCUT2D eigenvalue weighted by molar-refractivity contribution is -0.122. The third-order valence-corrected chi connectivity index (χ3v) is 4.46. The lowest BCUT2D eigenvalue weighted by atomic mass is 10.1. The topological polar surface area (TPSA) is 103 Å². The van der Waals surface area contributed by atoms with Crippen LogP contribution in [0.3, 0.4) is 0 Å². The molecule has 2 heterocycles. The Bertz CT molecular complexity index is 1040. The Kier molecular flexibility index (Phi) is 4.55. The molecule has 0 aromatic heterocycles. The zero-order valence-electron chi connectivity index (χ0n) is 15.6. The molecule has 2 aromatic carbocycles. The summed E-state index contributed by atoms with van der Waals surface area (Å²) in [4.78, 5) is 38.5. The third-order valence-electron chi connectivity index (χ3n) is 4.46. The van der Waals surface area contributed by atoms with E-state index in [1.54, 1.807) is 36.4 Å². The molecule has 4 amide bonds. The molecule has 1 N–H and O–H groups in total. The van der Waals surface area contributed by atoms with Crippen LogP contribution in [0.4, 0.5) is 10.5 Å². The van der Waals surface area contributed by atoms with Gasteiger partial charge in [-0.3, -0.25) is 14.9 Å². The van der Waals surface area contributed by atoms with Crippen molar-refractivity contribution < 1.29 is 33.3 Å². The number of anilines is 1. The van der Waals surface area contributed by atoms with E-state index in [9.17, 15) is 14.4 Å². The van der Waals surface area contributed by atoms with Gasteiger partial charge in [-0.25, -0.2) is 9.69 Å². The van der Waals surface area contributed by atoms with Gasteiger partial charge in [0.05, 0.1) is 19.9 Å². The van der Waals surface area contributed by atoms with E-state index in [-0.39, 0.29) is 12.4 Å². The molecule has 2 aromatic rings. The largest absolute Gasteiger partial charge is 0.497 e. The summed E-state index contributed by atoms with van der Waals surface area (Å²) >= 11 is 0. The molecule has 0 aliphatic carbocycles. The first-order valence-electron chi connectivity index (χ1n) is 8.55. The van der Waals surface area contributed by atoms with Crippen LogP contribution in [0.2, 0.25) is 0 Å². The average molecular weight is 396 g/mol. The Morgan fingerprint density at radius 1 is 1.00 bits per heavy atom. The van der Waals surface area contributed by atoms with Crippen molar-refractivity contribution in [3.05, 3.63) is 47.5 Å². The first-order chi connectivity index (χ1) is 14.0. The number of hydrogen-bond acceptors (Lipinski definition) is 7. The van der Waals surface area contributed by atoms with Gasteiger partial charge in [0.2, 0.25) is 6.79 Å². The van der Waals surface area contributed by atoms with Gasteiger partial charge in [0, 0.05) is 11.6 Å². The summed E-state index contributed by atoms with van der Waals surface area (Å²) in [5, 5.41) is 2.18. The van der Waals surface area contributed by atoms with E-state index >= 15 is 0 Å². The fraction of sp³-hybridized carbons (Fsp3) is 0.150. The quantitative estimate of drug-likeness (QED) is 0.623. The lowest BCUT2D eigenvalue weighted by Crippen LogP contribution is -2.54. The number of rotatable bonds is 4. The van der Waals surface area contributed by atoms with Crippen LogP contribution in [-0.2, 0) is 9.59 Å². The number of fused-ring (bicyclic) bond motifs is 1. The highest BCUT2D eigenvalue weighted by Gasteiger charge is 2.37. The number of imide groups is 2. The molecule has 2 aliphatic rings. The van der Waals surface area contributed by atoms with E-state index in [1.165, 1.54) is 20.3 Å². The van der Waals surface area contributed by atoms with Crippen molar-refractivity contribution in [2.45, 2.75) is 0 Å². The molecule has 2 aliphatic heterocycles. The monoisotopic (exact) mass is 396 g/mol. The van der Waals surface area contributed by atoms with Crippen LogP contribution in [0.25, 0.3) is 6.08 Å². The van der Waals surface area contributed by atoms with Crippen LogP contribution in [-0.4, -0.2) is 38.9 Å². The Labute approximate surface area is 165 Å². The van der Waals surface area contributed by atoms with Crippen molar-refractivity contribution >= 4 is 29.6 Å². The smallest absolute Gasteiger partial charge is 0.335 e. The highest BCUT2D eigenvalue weighted by molar-refractivity contribution is 6.39. The van der Waals surface area contributed by atoms with Gasteiger partial charge in [0.25, 0.3) is 11.8 Å². The maximum Gasteiger partial charge on any atom is 0.335 e. The zero-order valence-corrected chi connectivity index (χ0v) is 15.6. The molecule has 1 fully saturated rings. The molecule has 0 atom stereocenters. The number of hydrogen-bond donors (Lipinski definition) is 1. The number of carbonyl (C=O) groups is 3. The molecule has 0 radical (unpaired) electrons. The molecule has 9 heteroatoms. The minimum absolute atomic E-state index is 0.0671. The number of methoxy groups -OCH3 is 2. The normalized spacial score (nSPS) is 16.8. The third kappa shape index (κ3) is 3.22. The average Bonchev–Trinajstić information content (AvgIpc) is 3.18. The Hall–Kier alpha value is -4.01. The predicted octanol–water partition coefficient (Wildman–Crippen LogP) is 2.10. The minimum atomic E-state index is -0.833. The maximum atomic E-state index is 13.0. The zero-order chi connectivity index (χ0) is 20.5. The van der Waals surface area contributed by atoms with Gasteiger partial charge in [-0.1, -0.05) is 0 Å². The molecule has 1 saturated heterocycles. The van der Waals surface area contributed by atoms with Crippen molar-refractivity contribution in [3.63, 3.8) is 0 Å². The Balaban J connectivity index is 1.74. The SMILES string of the molecule is COc1ccc(N2C(=O)NC(=O)/C(=C\c3cc4c(cc3OC)OCO4)C2=O)cc1. The second-order valence-corrected chi connectivity index (χ2v) is 6.10. The van der Waals surface area contributed by atoms with Gasteiger partial charge in [-0.15, -0.1) is 0 Å². The maximum absolute atomic E-state index is 13.0. The summed E-state index contributed by atoms with van der Waals surface area (Å²) in [6.45, 7) is 0.0671. The van der Waals surface area contributed by atoms with Crippen LogP contribution < -0.4 is 29.2 Å². The molecule has 148 valence electrons. The number of barbiturate groups is 1. The van der Waals surface area contributed by atoms with Crippen LogP contribution in [0.15, 0.2) is 42.0 Å². The van der Waals surface area contributed by atoms with E-state index in [0.29, 0.717) is 34.2 Å². The van der Waals surface area contributed by atoms with Crippen molar-refractivity contribution in [2.24, 2.45) is 0 Å². The Morgan fingerprint density at radius 2 is 1.69 bits per heavy atom. The van der Waals surface area contributed by atoms with Gasteiger partial charge >= 0.3 is 6.03 Å². The second-order valence-electron chi connectivity index (χ2n) is 6.10. The van der Waals surface area contributed by atoms with E-state index in [0.717, 1.165) is 4.90 Å². The fourth-order valence-electron chi connectivity index (χ4n) is 3.01. The van der Waals surface area contributed by atoms with Crippen molar-refractivity contribution in [1.82, 2.24) is 5.32 Å². The van der Waals surface area contributed by atoms with Crippen LogP contribution >= 0.6 is 0 Å². The van der Waals surface area contributed by atoms with Gasteiger partial charge in [-0.05, 0) is 36.4 Å². The highest BCUT2D eigenvalue weighted by atomic mass is 16.7. The summed E-state index contributed by atoms with van der Waals surface area (Å²) in [5.74, 6) is 0.349. The molecule has 9 nitrogen and oxygen atoms in total. The molecule has 0 spiro atoms. The van der Waals surface area contributed by atoms with Crippen molar-refractivity contribution in [2.75, 3.05) is 25.9 Å². The first-order valence-corrected chi connectivity index (χ1v) is 8.55. The predicted molar refractivity (Wildman–Crippen MR) is 101 cm³/mol. The molecule has 0 bridgehead atoms. The summed E-state index contributed by atoms with van der Waals surface area (Å²) in [6.07, 6.45) is 1.35. The minimum Gasteiger partial charge on any atom is -0.497 e. The van der Waals surface area contributed by atoms with E-state index in [2.05, 4.69) is 5.32 Å². The summed E-state index contributed by atoms with van der Waals surface area (Å²) < 4.78 is 21.1. The van der Waals surface area contributed by atoms with Gasteiger partial charge in [0.15, 0.2) is 11.5 Å². The van der Waals surface area contributed by atoms with Gasteiger partial charge in [0.1, 0.15) is 17.1 Å². The second kappa shape index (κ2) is 7.19. The number of carbonyl (C=O) groups excluding carboxylic acids is 3. The Morgan fingerprint density at radius 3 is 2.34 bits per heavy atom. The number of ether oxygens (including phenoxy) is 4. The van der Waals surface area contributed by atoms with Crippen molar-refractivity contribution in [3.8, 4) is 23.0 Å². The van der Waals surface area contributed by atoms with E-state index < -0.39 is 17.8 Å². The molecule has 0 unspecified atom stereocenters. The van der Waals surface area contributed by atoms with Crippen LogP contribution in [0.1, 0.15) is 5.56 Å². The highest BCUT2D eigenvalue weighted by Crippen LogP contribution is 2.39. The van der Waals surface area contributed by atoms with Crippen LogP contribution in [0.5, 0.6) is 23.0 Å². The number of nitrogens with zero attached hydrogens (tertiary/aromatic N) is 1. The van der Waals surface area contributed by atoms with Gasteiger partial charge < -0.3 is 18.9 Å². The summed E-state index contributed by atoms with van der Waals surface area (Å²) in [5.41, 5.74) is 0.501. The number of urea groups is 1. The molecule has 29 heavy (non-hydrogen) atoms. The standard InChI is InChI=1S/C20H16N2O7/c1-26-13-5-3-12(4-6-13)22-19(24)14(18(23)21-20(22)25)7-11-8-16-17(29-10-28-16)9-15(11)27-2/h3-9H,10H2,1-2H3,(H,21,23,25)/b14-7+. The first kappa shape index (κ1) is 18.4. The summed E-state index contributed by atoms with van der Waals surface area (Å²) in [6, 6.07) is 8.68. The molecule has 0 saturated carbocycles. The van der Waals surface area contributed by atoms with Crippen LogP contribution in [0, 0.1) is 0 Å². The molecule has 4 rings (SSSR count). The van der Waals surface area contributed by atoms with E-state index in [1.807, 2.05) is 0 Å². The number of nitrogens with one attached hydrogen (secondary N) is 1. The lowest BCUT2D eigenvalue weighted by Gasteiger charge is -2.26. The molecular weight excluding hydrogens is 380 g/mol. The fourth-order valence-corrected chi connectivity index (χ4v) is 3.01. The van der Waals surface area contributed by atoms with Crippen molar-refractivity contribution in [1.29, 1.82) is 0 Å². The molecular formula is C20H16N2O7. The van der Waals surface area contributed by atoms with E-state index in [4.69, 9.17) is 18.9 Å².